The lowest BCUT2D eigenvalue weighted by Gasteiger charge is -2.06. The second kappa shape index (κ2) is 8.26. The van der Waals surface area contributed by atoms with Gasteiger partial charge in [0.1, 0.15) is 0 Å². The topological polar surface area (TPSA) is 84.2 Å². The number of hydrogen-bond acceptors (Lipinski definition) is 3. The fraction of sp³-hybridized carbons (Fsp3) is 0.429. The minimum absolute atomic E-state index is 0.0312. The van der Waals surface area contributed by atoms with E-state index in [9.17, 15) is 9.59 Å². The summed E-state index contributed by atoms with van der Waals surface area (Å²) in [4.78, 5) is 22.7. The zero-order valence-electron chi connectivity index (χ0n) is 11.2. The highest BCUT2D eigenvalue weighted by Crippen LogP contribution is 2.03. The maximum atomic E-state index is 11.8. The summed E-state index contributed by atoms with van der Waals surface area (Å²) < 4.78 is 0. The summed E-state index contributed by atoms with van der Waals surface area (Å²) in [6, 6.07) is 7.21. The molecule has 5 heteroatoms. The number of carbonyl (C=O) groups excluding carboxylic acids is 2. The molecule has 0 atom stereocenters. The van der Waals surface area contributed by atoms with E-state index in [4.69, 9.17) is 5.73 Å². The molecule has 5 nitrogen and oxygen atoms in total. The Morgan fingerprint density at radius 2 is 1.74 bits per heavy atom. The zero-order chi connectivity index (χ0) is 14.1. The van der Waals surface area contributed by atoms with E-state index in [1.165, 1.54) is 0 Å². The van der Waals surface area contributed by atoms with Crippen molar-refractivity contribution in [3.05, 3.63) is 35.4 Å². The van der Waals surface area contributed by atoms with Crippen molar-refractivity contribution in [1.29, 1.82) is 0 Å². The molecule has 0 saturated carbocycles. The molecular formula is C14H21N3O2. The Kier molecular flexibility index (Phi) is 6.60. The van der Waals surface area contributed by atoms with Crippen LogP contribution in [0.4, 0.5) is 0 Å². The van der Waals surface area contributed by atoms with Crippen molar-refractivity contribution in [2.24, 2.45) is 5.73 Å². The number of amides is 2. The van der Waals surface area contributed by atoms with E-state index < -0.39 is 0 Å². The SMILES string of the molecule is CCC(=O)NCCCNC(=O)c1ccc(CN)cc1. The molecule has 1 aromatic carbocycles. The van der Waals surface area contributed by atoms with E-state index >= 15 is 0 Å². The number of benzene rings is 1. The van der Waals surface area contributed by atoms with Gasteiger partial charge in [0, 0.05) is 31.6 Å². The summed E-state index contributed by atoms with van der Waals surface area (Å²) in [6.45, 7) is 3.40. The van der Waals surface area contributed by atoms with Crippen molar-refractivity contribution >= 4 is 11.8 Å². The highest BCUT2D eigenvalue weighted by atomic mass is 16.2. The van der Waals surface area contributed by atoms with Gasteiger partial charge in [-0.2, -0.15) is 0 Å². The summed E-state index contributed by atoms with van der Waals surface area (Å²) in [6.07, 6.45) is 1.21. The third-order valence-corrected chi connectivity index (χ3v) is 2.73. The molecule has 104 valence electrons. The van der Waals surface area contributed by atoms with E-state index in [1.807, 2.05) is 19.1 Å². The van der Waals surface area contributed by atoms with Gasteiger partial charge in [0.2, 0.25) is 5.91 Å². The van der Waals surface area contributed by atoms with Crippen molar-refractivity contribution in [1.82, 2.24) is 10.6 Å². The van der Waals surface area contributed by atoms with Gasteiger partial charge in [0.15, 0.2) is 0 Å². The second-order valence-corrected chi connectivity index (χ2v) is 4.21. The third-order valence-electron chi connectivity index (χ3n) is 2.73. The van der Waals surface area contributed by atoms with Crippen LogP contribution in [0.2, 0.25) is 0 Å². The number of nitrogens with two attached hydrogens (primary N) is 1. The van der Waals surface area contributed by atoms with Gasteiger partial charge >= 0.3 is 0 Å². The Labute approximate surface area is 113 Å². The lowest BCUT2D eigenvalue weighted by atomic mass is 10.1. The average Bonchev–Trinajstić information content (AvgIpc) is 2.46. The predicted octanol–water partition coefficient (Wildman–Crippen LogP) is 0.791. The van der Waals surface area contributed by atoms with Crippen LogP contribution in [0.1, 0.15) is 35.7 Å². The van der Waals surface area contributed by atoms with Crippen LogP contribution >= 0.6 is 0 Å². The van der Waals surface area contributed by atoms with Gasteiger partial charge in [-0.15, -0.1) is 0 Å². The molecule has 0 aliphatic heterocycles. The first-order valence-corrected chi connectivity index (χ1v) is 6.51. The number of nitrogens with one attached hydrogen (secondary N) is 2. The Morgan fingerprint density at radius 3 is 2.32 bits per heavy atom. The summed E-state index contributed by atoms with van der Waals surface area (Å²) in [5.74, 6) is -0.0749. The van der Waals surface area contributed by atoms with Gasteiger partial charge in [-0.05, 0) is 24.1 Å². The Hall–Kier alpha value is -1.88. The fourth-order valence-corrected chi connectivity index (χ4v) is 1.54. The summed E-state index contributed by atoms with van der Waals surface area (Å²) in [5, 5.41) is 5.56. The largest absolute Gasteiger partial charge is 0.356 e. The highest BCUT2D eigenvalue weighted by Gasteiger charge is 2.04. The Balaban J connectivity index is 2.25. The molecule has 0 fully saturated rings. The van der Waals surface area contributed by atoms with Crippen LogP contribution in [-0.4, -0.2) is 24.9 Å². The van der Waals surface area contributed by atoms with Crippen molar-refractivity contribution in [2.75, 3.05) is 13.1 Å². The van der Waals surface area contributed by atoms with Crippen molar-refractivity contribution in [3.8, 4) is 0 Å². The van der Waals surface area contributed by atoms with Crippen LogP contribution in [0.3, 0.4) is 0 Å². The van der Waals surface area contributed by atoms with Gasteiger partial charge in [-0.1, -0.05) is 19.1 Å². The molecule has 0 aliphatic carbocycles. The van der Waals surface area contributed by atoms with Crippen LogP contribution in [-0.2, 0) is 11.3 Å². The first-order chi connectivity index (χ1) is 9.17. The number of carbonyl (C=O) groups is 2. The van der Waals surface area contributed by atoms with E-state index in [1.54, 1.807) is 12.1 Å². The van der Waals surface area contributed by atoms with Crippen LogP contribution in [0, 0.1) is 0 Å². The molecule has 1 aromatic rings. The van der Waals surface area contributed by atoms with Crippen molar-refractivity contribution in [3.63, 3.8) is 0 Å². The Bertz CT molecular complexity index is 415. The van der Waals surface area contributed by atoms with E-state index in [-0.39, 0.29) is 11.8 Å². The smallest absolute Gasteiger partial charge is 0.251 e. The van der Waals surface area contributed by atoms with Gasteiger partial charge < -0.3 is 16.4 Å². The maximum Gasteiger partial charge on any atom is 0.251 e. The summed E-state index contributed by atoms with van der Waals surface area (Å²) in [7, 11) is 0. The normalized spacial score (nSPS) is 10.0. The molecule has 0 aromatic heterocycles. The molecule has 0 bridgehead atoms. The number of hydrogen-bond donors (Lipinski definition) is 3. The molecule has 0 unspecified atom stereocenters. The number of rotatable bonds is 7. The first-order valence-electron chi connectivity index (χ1n) is 6.51. The molecule has 2 amide bonds. The lowest BCUT2D eigenvalue weighted by molar-refractivity contribution is -0.120. The minimum atomic E-state index is -0.106. The Morgan fingerprint density at radius 1 is 1.11 bits per heavy atom. The molecule has 0 heterocycles. The average molecular weight is 263 g/mol. The monoisotopic (exact) mass is 263 g/mol. The van der Waals surface area contributed by atoms with E-state index in [2.05, 4.69) is 10.6 Å². The first kappa shape index (κ1) is 15.2. The van der Waals surface area contributed by atoms with Crippen molar-refractivity contribution < 1.29 is 9.59 Å². The predicted molar refractivity (Wildman–Crippen MR) is 74.6 cm³/mol. The van der Waals surface area contributed by atoms with Gasteiger partial charge in [0.25, 0.3) is 5.91 Å². The van der Waals surface area contributed by atoms with E-state index in [0.29, 0.717) is 31.6 Å². The van der Waals surface area contributed by atoms with Crippen molar-refractivity contribution in [2.45, 2.75) is 26.3 Å². The molecule has 19 heavy (non-hydrogen) atoms. The molecule has 0 spiro atoms. The second-order valence-electron chi connectivity index (χ2n) is 4.21. The van der Waals surface area contributed by atoms with Gasteiger partial charge in [-0.3, -0.25) is 9.59 Å². The van der Waals surface area contributed by atoms with Gasteiger partial charge in [-0.25, -0.2) is 0 Å². The third kappa shape index (κ3) is 5.52. The van der Waals surface area contributed by atoms with Crippen LogP contribution in [0.15, 0.2) is 24.3 Å². The quantitative estimate of drug-likeness (QED) is 0.636. The standard InChI is InChI=1S/C14H21N3O2/c1-2-13(18)16-8-3-9-17-14(19)12-6-4-11(10-15)5-7-12/h4-7H,2-3,8-10,15H2,1H3,(H,16,18)(H,17,19). The summed E-state index contributed by atoms with van der Waals surface area (Å²) in [5.41, 5.74) is 7.11. The molecule has 1 rings (SSSR count). The van der Waals surface area contributed by atoms with Crippen LogP contribution in [0.5, 0.6) is 0 Å². The van der Waals surface area contributed by atoms with Crippen LogP contribution in [0.25, 0.3) is 0 Å². The molecule has 4 N–H and O–H groups in total. The molecular weight excluding hydrogens is 242 g/mol. The zero-order valence-corrected chi connectivity index (χ0v) is 11.2. The lowest BCUT2D eigenvalue weighted by Crippen LogP contribution is -2.29. The van der Waals surface area contributed by atoms with E-state index in [0.717, 1.165) is 12.0 Å². The minimum Gasteiger partial charge on any atom is -0.356 e. The molecule has 0 radical (unpaired) electrons. The molecule has 0 saturated heterocycles. The highest BCUT2D eigenvalue weighted by molar-refractivity contribution is 5.94. The van der Waals surface area contributed by atoms with Gasteiger partial charge in [0.05, 0.1) is 0 Å². The van der Waals surface area contributed by atoms with Crippen LogP contribution < -0.4 is 16.4 Å². The fourth-order valence-electron chi connectivity index (χ4n) is 1.54. The summed E-state index contributed by atoms with van der Waals surface area (Å²) >= 11 is 0. The maximum absolute atomic E-state index is 11.8. The molecule has 0 aliphatic rings.